The quantitative estimate of drug-likeness (QED) is 0.852. The van der Waals surface area contributed by atoms with Gasteiger partial charge in [0.25, 0.3) is 5.91 Å². The van der Waals surface area contributed by atoms with Gasteiger partial charge in [0.05, 0.1) is 18.0 Å². The molecule has 0 bridgehead atoms. The lowest BCUT2D eigenvalue weighted by Gasteiger charge is -2.04. The van der Waals surface area contributed by atoms with Gasteiger partial charge in [0.1, 0.15) is 5.82 Å². The average molecular weight is 278 g/mol. The molecule has 2 N–H and O–H groups in total. The van der Waals surface area contributed by atoms with Gasteiger partial charge >= 0.3 is 0 Å². The molecule has 0 saturated carbocycles. The van der Waals surface area contributed by atoms with E-state index in [1.54, 1.807) is 19.1 Å². The van der Waals surface area contributed by atoms with Crippen molar-refractivity contribution in [3.63, 3.8) is 0 Å². The lowest BCUT2D eigenvalue weighted by atomic mass is 10.3. The normalized spacial score (nSPS) is 12.2. The van der Waals surface area contributed by atoms with Gasteiger partial charge in [-0.2, -0.15) is 0 Å². The van der Waals surface area contributed by atoms with Gasteiger partial charge in [0.15, 0.2) is 5.69 Å². The van der Waals surface area contributed by atoms with Crippen LogP contribution in [0.1, 0.15) is 23.8 Å². The molecule has 1 aromatic carbocycles. The first kappa shape index (κ1) is 14.1. The van der Waals surface area contributed by atoms with Crippen molar-refractivity contribution in [1.82, 2.24) is 20.3 Å². The highest BCUT2D eigenvalue weighted by Crippen LogP contribution is 2.08. The van der Waals surface area contributed by atoms with Crippen LogP contribution < -0.4 is 5.32 Å². The van der Waals surface area contributed by atoms with E-state index in [2.05, 4.69) is 15.6 Å². The molecule has 0 saturated heterocycles. The molecule has 0 aliphatic carbocycles. The molecular formula is C13H15FN4O2. The summed E-state index contributed by atoms with van der Waals surface area (Å²) in [7, 11) is 0. The lowest BCUT2D eigenvalue weighted by Crippen LogP contribution is -2.26. The fourth-order valence-electron chi connectivity index (χ4n) is 1.57. The Kier molecular flexibility index (Phi) is 4.41. The Balaban J connectivity index is 2.01. The maximum atomic E-state index is 12.8. The van der Waals surface area contributed by atoms with Crippen LogP contribution >= 0.6 is 0 Å². The van der Waals surface area contributed by atoms with Gasteiger partial charge in [-0.3, -0.25) is 4.79 Å². The van der Waals surface area contributed by atoms with E-state index in [4.69, 9.17) is 5.11 Å². The number of aromatic nitrogens is 3. The van der Waals surface area contributed by atoms with E-state index in [0.717, 1.165) is 0 Å². The van der Waals surface area contributed by atoms with Crippen LogP contribution in [0.5, 0.6) is 0 Å². The minimum Gasteiger partial charge on any atom is -0.393 e. The van der Waals surface area contributed by atoms with Crippen LogP contribution in [0, 0.1) is 5.82 Å². The van der Waals surface area contributed by atoms with Crippen molar-refractivity contribution in [2.75, 3.05) is 6.54 Å². The van der Waals surface area contributed by atoms with Gasteiger partial charge in [-0.15, -0.1) is 5.10 Å². The summed E-state index contributed by atoms with van der Waals surface area (Å²) in [6.45, 7) is 2.01. The number of nitrogens with one attached hydrogen (secondary N) is 1. The zero-order valence-corrected chi connectivity index (χ0v) is 11.0. The Bertz CT molecular complexity index is 580. The third kappa shape index (κ3) is 3.61. The molecule has 1 unspecified atom stereocenters. The largest absolute Gasteiger partial charge is 0.393 e. The van der Waals surface area contributed by atoms with Crippen LogP contribution in [-0.2, 0) is 0 Å². The van der Waals surface area contributed by atoms with Crippen LogP contribution in [0.25, 0.3) is 5.69 Å². The zero-order chi connectivity index (χ0) is 14.5. The third-order valence-electron chi connectivity index (χ3n) is 2.66. The van der Waals surface area contributed by atoms with Gasteiger partial charge in [-0.1, -0.05) is 5.21 Å². The molecular weight excluding hydrogens is 263 g/mol. The molecule has 106 valence electrons. The van der Waals surface area contributed by atoms with Crippen molar-refractivity contribution in [3.8, 4) is 5.69 Å². The van der Waals surface area contributed by atoms with E-state index in [0.29, 0.717) is 18.7 Å². The molecule has 1 aromatic heterocycles. The fraction of sp³-hybridized carbons (Fsp3) is 0.308. The molecule has 0 radical (unpaired) electrons. The van der Waals surface area contributed by atoms with Crippen molar-refractivity contribution in [2.24, 2.45) is 0 Å². The molecule has 2 aromatic rings. The fourth-order valence-corrected chi connectivity index (χ4v) is 1.57. The summed E-state index contributed by atoms with van der Waals surface area (Å²) in [5.74, 6) is -0.705. The monoisotopic (exact) mass is 278 g/mol. The Morgan fingerprint density at radius 3 is 2.80 bits per heavy atom. The number of carbonyl (C=O) groups is 1. The molecule has 0 aliphatic rings. The molecule has 7 heteroatoms. The predicted molar refractivity (Wildman–Crippen MR) is 69.9 cm³/mol. The number of carbonyl (C=O) groups excluding carboxylic acids is 1. The summed E-state index contributed by atoms with van der Waals surface area (Å²) >= 11 is 0. The van der Waals surface area contributed by atoms with Crippen molar-refractivity contribution in [3.05, 3.63) is 42.0 Å². The van der Waals surface area contributed by atoms with Crippen molar-refractivity contribution in [1.29, 1.82) is 0 Å². The summed E-state index contributed by atoms with van der Waals surface area (Å²) < 4.78 is 14.2. The van der Waals surface area contributed by atoms with Crippen LogP contribution in [0.2, 0.25) is 0 Å². The zero-order valence-electron chi connectivity index (χ0n) is 11.0. The summed E-state index contributed by atoms with van der Waals surface area (Å²) in [5, 5.41) is 19.3. The summed E-state index contributed by atoms with van der Waals surface area (Å²) in [6, 6.07) is 5.69. The molecule has 2 rings (SSSR count). The molecule has 1 heterocycles. The first-order chi connectivity index (χ1) is 9.56. The second kappa shape index (κ2) is 6.25. The SMILES string of the molecule is CC(O)CCNC(=O)c1cn(-c2ccc(F)cc2)nn1. The maximum Gasteiger partial charge on any atom is 0.273 e. The lowest BCUT2D eigenvalue weighted by molar-refractivity contribution is 0.0940. The van der Waals surface area contributed by atoms with E-state index in [1.165, 1.54) is 23.0 Å². The van der Waals surface area contributed by atoms with Crippen LogP contribution in [0.15, 0.2) is 30.5 Å². The highest BCUT2D eigenvalue weighted by atomic mass is 19.1. The highest BCUT2D eigenvalue weighted by Gasteiger charge is 2.11. The van der Waals surface area contributed by atoms with Gasteiger partial charge in [0.2, 0.25) is 0 Å². The number of rotatable bonds is 5. The number of nitrogens with zero attached hydrogens (tertiary/aromatic N) is 3. The van der Waals surface area contributed by atoms with Crippen LogP contribution in [0.3, 0.4) is 0 Å². The van der Waals surface area contributed by atoms with Gasteiger partial charge in [0, 0.05) is 6.54 Å². The van der Waals surface area contributed by atoms with Crippen LogP contribution in [-0.4, -0.2) is 38.7 Å². The molecule has 0 spiro atoms. The Labute approximate surface area is 115 Å². The Morgan fingerprint density at radius 1 is 1.45 bits per heavy atom. The smallest absolute Gasteiger partial charge is 0.273 e. The number of aliphatic hydroxyl groups is 1. The van der Waals surface area contributed by atoms with E-state index in [-0.39, 0.29) is 17.4 Å². The number of benzene rings is 1. The maximum absolute atomic E-state index is 12.8. The molecule has 0 aliphatic heterocycles. The van der Waals surface area contributed by atoms with Crippen molar-refractivity contribution >= 4 is 5.91 Å². The molecule has 20 heavy (non-hydrogen) atoms. The minimum absolute atomic E-state index is 0.167. The third-order valence-corrected chi connectivity index (χ3v) is 2.66. The van der Waals surface area contributed by atoms with Crippen LogP contribution in [0.4, 0.5) is 4.39 Å². The summed E-state index contributed by atoms with van der Waals surface area (Å²) in [4.78, 5) is 11.8. The van der Waals surface area contributed by atoms with E-state index in [1.807, 2.05) is 0 Å². The Morgan fingerprint density at radius 2 is 2.15 bits per heavy atom. The van der Waals surface area contributed by atoms with E-state index in [9.17, 15) is 9.18 Å². The molecule has 1 amide bonds. The summed E-state index contributed by atoms with van der Waals surface area (Å²) in [5.41, 5.74) is 0.779. The second-order valence-corrected chi connectivity index (χ2v) is 4.42. The summed E-state index contributed by atoms with van der Waals surface area (Å²) in [6.07, 6.45) is 1.47. The average Bonchev–Trinajstić information content (AvgIpc) is 2.88. The number of hydrogen-bond donors (Lipinski definition) is 2. The topological polar surface area (TPSA) is 80.0 Å². The minimum atomic E-state index is -0.467. The van der Waals surface area contributed by atoms with Gasteiger partial charge in [-0.05, 0) is 37.6 Å². The van der Waals surface area contributed by atoms with Crippen molar-refractivity contribution in [2.45, 2.75) is 19.4 Å². The van der Waals surface area contributed by atoms with Gasteiger partial charge < -0.3 is 10.4 Å². The first-order valence-electron chi connectivity index (χ1n) is 6.21. The number of hydrogen-bond acceptors (Lipinski definition) is 4. The first-order valence-corrected chi connectivity index (χ1v) is 6.21. The highest BCUT2D eigenvalue weighted by molar-refractivity contribution is 5.91. The number of halogens is 1. The second-order valence-electron chi connectivity index (χ2n) is 4.42. The van der Waals surface area contributed by atoms with Crippen molar-refractivity contribution < 1.29 is 14.3 Å². The standard InChI is InChI=1S/C13H15FN4O2/c1-9(19)6-7-15-13(20)12-8-18(17-16-12)11-4-2-10(14)3-5-11/h2-5,8-9,19H,6-7H2,1H3,(H,15,20). The predicted octanol–water partition coefficient (Wildman–Crippen LogP) is 0.907. The van der Waals surface area contributed by atoms with Gasteiger partial charge in [-0.25, -0.2) is 9.07 Å². The molecule has 1 atom stereocenters. The number of amides is 1. The number of aliphatic hydroxyl groups excluding tert-OH is 1. The Hall–Kier alpha value is -2.28. The molecule has 0 fully saturated rings. The molecule has 6 nitrogen and oxygen atoms in total. The van der Waals surface area contributed by atoms with E-state index >= 15 is 0 Å². The van der Waals surface area contributed by atoms with E-state index < -0.39 is 6.10 Å².